The second-order valence-corrected chi connectivity index (χ2v) is 54.4. The van der Waals surface area contributed by atoms with Gasteiger partial charge in [-0.3, -0.25) is 47.9 Å². The molecule has 5 amide bonds. The molecule has 1 fully saturated rings. The zero-order valence-electron chi connectivity index (χ0n) is 97.4. The van der Waals surface area contributed by atoms with Gasteiger partial charge in [0.05, 0.1) is 68.7 Å². The molecule has 1 aliphatic heterocycles. The summed E-state index contributed by atoms with van der Waals surface area (Å²) in [5, 5.41) is 28.9. The van der Waals surface area contributed by atoms with E-state index in [9.17, 15) is 75.5 Å². The molecule has 0 spiro atoms. The first-order valence-corrected chi connectivity index (χ1v) is 59.3. The average molecular weight is 2090 g/mol. The lowest BCUT2D eigenvalue weighted by molar-refractivity contribution is -0.133. The largest absolute Gasteiger partial charge is 0.497 e. The van der Waals surface area contributed by atoms with E-state index in [1.807, 2.05) is 172 Å². The Morgan fingerprint density at radius 1 is 0.418 bits per heavy atom. The van der Waals surface area contributed by atoms with Gasteiger partial charge < -0.3 is 80.9 Å². The summed E-state index contributed by atoms with van der Waals surface area (Å²) in [5.41, 5.74) is 1.07. The Hall–Kier alpha value is -7.71. The number of benzene rings is 2. The van der Waals surface area contributed by atoms with Crippen LogP contribution in [0.3, 0.4) is 0 Å². The van der Waals surface area contributed by atoms with Crippen molar-refractivity contribution in [1.82, 2.24) is 47.9 Å². The lowest BCUT2D eigenvalue weighted by atomic mass is 9.87. The molecule has 3 rings (SSSR count). The normalized spacial score (nSPS) is 16.3. The molecule has 0 aliphatic carbocycles. The number of Topliss-reactive ketones (excluding diaryl/α,β-unsaturated/α-hetero) is 6. The molecule has 1 aliphatic rings. The van der Waals surface area contributed by atoms with Crippen LogP contribution in [0.2, 0.25) is 18.1 Å². The molecule has 146 heavy (non-hydrogen) atoms. The summed E-state index contributed by atoms with van der Waals surface area (Å²) in [6.07, 6.45) is 15.8. The monoisotopic (exact) mass is 2090 g/mol. The maximum atomic E-state index is 13.7. The SMILES string of the molecule is CC(=O)CC[C@H](NC(C)C)C(=O)C[C@@H](C)C(=O)N[C@H](C=O)CC(C)C.CC(C)C[C@@H](C)C(=O)N[C@@H](CC(C)C)C(=O)[C@@]1(CO[Si](C)(C)C(C)(C)C)CO1.CC(C)C[C@H](CC(=O)[C@H](CC(C)C)NC(C)C)C(=O)N[C@H](C=O)CC(C)C.CCCC[C@@H](C=O)NC(=O)[C@@H](CC(=O)[C@H](CC(C)C)NC(C)C)CC(C)C.COc1ccc(C[C@H](NC(C)C)C(=O)C[C@@H](Cc2ccccc2)C(=O)N[C@H](/C=C/S(C)(=O)=O)CC(C)C)cc1. The van der Waals surface area contributed by atoms with Crippen LogP contribution in [0.15, 0.2) is 66.1 Å². The number of ether oxygens (including phenoxy) is 2. The van der Waals surface area contributed by atoms with Crippen molar-refractivity contribution in [1.29, 1.82) is 0 Å². The Kier molecular flexibility index (Phi) is 69.9. The van der Waals surface area contributed by atoms with Crippen LogP contribution in [-0.4, -0.2) is 211 Å². The number of carbonyl (C=O) groups is 14. The number of nitrogens with one attached hydrogen (secondary N) is 9. The Morgan fingerprint density at radius 3 is 1.16 bits per heavy atom. The third-order valence-corrected chi connectivity index (χ3v) is 30.3. The van der Waals surface area contributed by atoms with Gasteiger partial charge in [0.15, 0.2) is 52.7 Å². The van der Waals surface area contributed by atoms with Crippen molar-refractivity contribution in [2.24, 2.45) is 82.9 Å². The van der Waals surface area contributed by atoms with Crippen molar-refractivity contribution >= 4 is 101 Å². The molecule has 9 N–H and O–H groups in total. The third-order valence-electron chi connectivity index (χ3n) is 25.2. The van der Waals surface area contributed by atoms with E-state index >= 15 is 0 Å². The van der Waals surface area contributed by atoms with Gasteiger partial charge in [0.2, 0.25) is 29.5 Å². The first kappa shape index (κ1) is 140. The van der Waals surface area contributed by atoms with E-state index in [2.05, 4.69) is 158 Å². The lowest BCUT2D eigenvalue weighted by Crippen LogP contribution is -2.52. The predicted molar refractivity (Wildman–Crippen MR) is 596 cm³/mol. The number of hydrogen-bond donors (Lipinski definition) is 9. The number of epoxide rings is 1. The van der Waals surface area contributed by atoms with Crippen molar-refractivity contribution in [2.75, 3.05) is 26.6 Å². The van der Waals surface area contributed by atoms with E-state index in [0.717, 1.165) is 79.5 Å². The first-order chi connectivity index (χ1) is 67.6. The van der Waals surface area contributed by atoms with Gasteiger partial charge in [0.25, 0.3) is 0 Å². The highest BCUT2D eigenvalue weighted by Crippen LogP contribution is 2.40. The molecule has 28 nitrogen and oxygen atoms in total. The van der Waals surface area contributed by atoms with E-state index in [0.29, 0.717) is 125 Å². The molecule has 0 radical (unpaired) electrons. The van der Waals surface area contributed by atoms with Crippen LogP contribution in [0.5, 0.6) is 5.75 Å². The average Bonchev–Trinajstić information content (AvgIpc) is 1.61. The van der Waals surface area contributed by atoms with Crippen LogP contribution in [0, 0.1) is 82.9 Å². The van der Waals surface area contributed by atoms with Crippen LogP contribution >= 0.6 is 0 Å². The molecular weight excluding hydrogens is 1880 g/mol. The molecule has 0 bridgehead atoms. The quantitative estimate of drug-likeness (QED) is 0.0169. The van der Waals surface area contributed by atoms with Crippen LogP contribution in [0.4, 0.5) is 0 Å². The maximum absolute atomic E-state index is 13.7. The highest BCUT2D eigenvalue weighted by molar-refractivity contribution is 7.93. The molecule has 0 aromatic heterocycles. The van der Waals surface area contributed by atoms with Crippen molar-refractivity contribution in [3.63, 3.8) is 0 Å². The number of unbranched alkanes of at least 4 members (excludes halogenated alkanes) is 1. The second kappa shape index (κ2) is 72.7. The van der Waals surface area contributed by atoms with E-state index in [-0.39, 0.29) is 156 Å². The van der Waals surface area contributed by atoms with E-state index in [4.69, 9.17) is 13.9 Å². The van der Waals surface area contributed by atoms with Crippen LogP contribution in [-0.2, 0) is 99.0 Å². The number of sulfone groups is 1. The highest BCUT2D eigenvalue weighted by atomic mass is 32.2. The van der Waals surface area contributed by atoms with Gasteiger partial charge in [-0.25, -0.2) is 8.42 Å². The molecule has 838 valence electrons. The van der Waals surface area contributed by atoms with E-state index < -0.39 is 83.8 Å². The van der Waals surface area contributed by atoms with Crippen LogP contribution in [0.25, 0.3) is 0 Å². The minimum Gasteiger partial charge on any atom is -0.497 e. The lowest BCUT2D eigenvalue weighted by Gasteiger charge is -2.37. The van der Waals surface area contributed by atoms with Gasteiger partial charge in [0.1, 0.15) is 30.4 Å². The minimum atomic E-state index is -3.34. The van der Waals surface area contributed by atoms with Crippen molar-refractivity contribution in [2.45, 2.75) is 459 Å². The van der Waals surface area contributed by atoms with Gasteiger partial charge >= 0.3 is 0 Å². The number of carbonyl (C=O) groups excluding carboxylic acids is 14. The fraction of sp³-hybridized carbons (Fsp3) is 0.759. The number of amides is 5. The number of rotatable bonds is 69. The highest BCUT2D eigenvalue weighted by Gasteiger charge is 2.56. The molecule has 1 saturated heterocycles. The molecular formula is C116H205N9O19SSi. The Morgan fingerprint density at radius 2 is 0.774 bits per heavy atom. The second-order valence-electron chi connectivity index (χ2n) is 47.6. The zero-order chi connectivity index (χ0) is 113. The van der Waals surface area contributed by atoms with Gasteiger partial charge in [-0.2, -0.15) is 0 Å². The smallest absolute Gasteiger partial charge is 0.224 e. The third kappa shape index (κ3) is 64.7. The molecule has 0 saturated carbocycles. The Labute approximate surface area is 884 Å². The topological polar surface area (TPSA) is 412 Å². The summed E-state index contributed by atoms with van der Waals surface area (Å²) in [4.78, 5) is 174. The molecule has 1 heterocycles. The Balaban J connectivity index is 0. The van der Waals surface area contributed by atoms with Crippen molar-refractivity contribution in [3.8, 4) is 5.75 Å². The van der Waals surface area contributed by atoms with Gasteiger partial charge in [-0.05, 0) is 185 Å². The van der Waals surface area contributed by atoms with Crippen LogP contribution < -0.4 is 52.6 Å². The van der Waals surface area contributed by atoms with Crippen molar-refractivity contribution in [3.05, 3.63) is 77.2 Å². The summed E-state index contributed by atoms with van der Waals surface area (Å²) in [5.74, 6) is 0.841. The van der Waals surface area contributed by atoms with Gasteiger partial charge in [0, 0.05) is 104 Å². The minimum absolute atomic E-state index is 0.0370. The zero-order valence-corrected chi connectivity index (χ0v) is 99.2. The van der Waals surface area contributed by atoms with Crippen molar-refractivity contribution < 1.29 is 89.4 Å². The fourth-order valence-electron chi connectivity index (χ4n) is 16.8. The number of aldehydes is 3. The molecule has 30 heteroatoms. The summed E-state index contributed by atoms with van der Waals surface area (Å²) in [6.45, 7) is 71.7. The fourth-order valence-corrected chi connectivity index (χ4v) is 18.3. The summed E-state index contributed by atoms with van der Waals surface area (Å²) in [7, 11) is -3.70. The van der Waals surface area contributed by atoms with Gasteiger partial charge in [-0.1, -0.05) is 283 Å². The summed E-state index contributed by atoms with van der Waals surface area (Å²) < 4.78 is 40.6. The standard InChI is InChI=1S/C31H44N2O5S.2C22H42N2O3.C22H43NO4Si.C19H34N2O4/c1-22(2)18-27(16-17-39(6,36)37)33-31(35)26(19-24-10-8-7-9-11-24)21-30(34)29(32-23(3)4)20-25-12-14-28(38-5)15-13-25;1-14(2)9-18(22(27)24-19(13-25)10-15(3)4)12-21(26)20(11-16(5)6)23-17(7)8;1-8-9-10-19(14-25)24-22(27)18(11-15(2)3)13-21(26)20(12-16(4)5)23-17(6)7;1-15(2)11-17(5)20(25)23-18(12-16(3)4)19(24)22(13-26-22)14-27-28(9,10)21(6,7)8;1-12(2)9-16(11-22)21-19(25)14(5)10-18(24)17(20-13(3)4)8-7-15(6)23/h7-17,22-23,26-27,29,32H,18-21H2,1-6H3,(H,33,35);13-20,23H,9-12H2,1-8H3,(H,24,27);14-20,23H,8-13H2,1-7H3,(H,24,27);15-18H,11-14H2,1-10H3,(H,23,25);11-14,16-17,20H,7-10H2,1-6H3,(H,21,25)/b17-16+;;;;/t26-,27-,29+;2*18-,19+,20+;17-,18+,22+;14-,16+,17+/m11111/s1. The molecule has 2 aromatic rings. The van der Waals surface area contributed by atoms with E-state index in [1.165, 1.54) is 13.0 Å². The van der Waals surface area contributed by atoms with E-state index in [1.54, 1.807) is 14.0 Å². The number of ketones is 6. The molecule has 0 unspecified atom stereocenters. The van der Waals surface area contributed by atoms with Gasteiger partial charge in [-0.15, -0.1) is 0 Å². The molecule has 2 aromatic carbocycles. The predicted octanol–water partition coefficient (Wildman–Crippen LogP) is 18.8. The number of hydrogen-bond acceptors (Lipinski definition) is 23. The summed E-state index contributed by atoms with van der Waals surface area (Å²) >= 11 is 0. The Bertz CT molecular complexity index is 4270. The maximum Gasteiger partial charge on any atom is 0.224 e. The number of methoxy groups -OCH3 is 1. The summed E-state index contributed by atoms with van der Waals surface area (Å²) in [6, 6.07) is 14.1. The van der Waals surface area contributed by atoms with Crippen LogP contribution in [0.1, 0.15) is 355 Å². The molecule has 15 atom stereocenters. The first-order valence-electron chi connectivity index (χ1n) is 54.5.